The van der Waals surface area contributed by atoms with E-state index in [4.69, 9.17) is 15.7 Å². The van der Waals surface area contributed by atoms with Gasteiger partial charge in [0.15, 0.2) is 0 Å². The molecule has 1 aliphatic rings. The molecule has 0 spiro atoms. The first-order valence-corrected chi connectivity index (χ1v) is 5.73. The van der Waals surface area contributed by atoms with Gasteiger partial charge < -0.3 is 15.8 Å². The van der Waals surface area contributed by atoms with Crippen LogP contribution in [0.15, 0.2) is 12.3 Å². The van der Waals surface area contributed by atoms with Crippen molar-refractivity contribution in [2.24, 2.45) is 0 Å². The number of nitrogens with zero attached hydrogens (tertiary/aromatic N) is 2. The molecule has 0 saturated carbocycles. The highest BCUT2D eigenvalue weighted by Gasteiger charge is 2.20. The van der Waals surface area contributed by atoms with Crippen molar-refractivity contribution < 1.29 is 4.74 Å². The molecule has 0 aromatic carbocycles. The van der Waals surface area contributed by atoms with Crippen LogP contribution >= 0.6 is 0 Å². The van der Waals surface area contributed by atoms with Crippen LogP contribution in [0.5, 0.6) is 0 Å². The Bertz CT molecular complexity index is 441. The standard InChI is InChI=1S/C12H16N4O/c1-8-4-11(2-3-17-8)16-12-9(6-13)5-10(14)7-15-12/h5,7-8,11H,2-4,14H2,1H3,(H,15,16). The van der Waals surface area contributed by atoms with Crippen molar-refractivity contribution in [2.75, 3.05) is 17.7 Å². The zero-order chi connectivity index (χ0) is 12.3. The normalized spacial score (nSPS) is 24.0. The lowest BCUT2D eigenvalue weighted by Gasteiger charge is -2.28. The molecule has 0 amide bonds. The number of nitrogens with one attached hydrogen (secondary N) is 1. The van der Waals surface area contributed by atoms with Gasteiger partial charge in [0, 0.05) is 12.6 Å². The van der Waals surface area contributed by atoms with Gasteiger partial charge in [-0.3, -0.25) is 0 Å². The Labute approximate surface area is 101 Å². The van der Waals surface area contributed by atoms with Gasteiger partial charge in [0.05, 0.1) is 23.6 Å². The molecule has 2 rings (SSSR count). The third-order valence-corrected chi connectivity index (χ3v) is 2.86. The maximum absolute atomic E-state index is 9.01. The fourth-order valence-corrected chi connectivity index (χ4v) is 2.00. The van der Waals surface area contributed by atoms with E-state index in [1.807, 2.05) is 0 Å². The monoisotopic (exact) mass is 232 g/mol. The summed E-state index contributed by atoms with van der Waals surface area (Å²) in [7, 11) is 0. The number of nitrogens with two attached hydrogens (primary N) is 1. The number of hydrogen-bond donors (Lipinski definition) is 2. The Balaban J connectivity index is 2.10. The number of rotatable bonds is 2. The largest absolute Gasteiger partial charge is 0.397 e. The molecule has 0 radical (unpaired) electrons. The van der Waals surface area contributed by atoms with Crippen molar-refractivity contribution in [3.8, 4) is 6.07 Å². The van der Waals surface area contributed by atoms with Crippen molar-refractivity contribution in [3.63, 3.8) is 0 Å². The number of pyridine rings is 1. The maximum atomic E-state index is 9.01. The molecule has 90 valence electrons. The smallest absolute Gasteiger partial charge is 0.144 e. The second-order valence-corrected chi connectivity index (χ2v) is 4.32. The molecule has 17 heavy (non-hydrogen) atoms. The fourth-order valence-electron chi connectivity index (χ4n) is 2.00. The predicted octanol–water partition coefficient (Wildman–Crippen LogP) is 1.51. The van der Waals surface area contributed by atoms with E-state index < -0.39 is 0 Å². The lowest BCUT2D eigenvalue weighted by atomic mass is 10.0. The summed E-state index contributed by atoms with van der Waals surface area (Å²) < 4.78 is 5.48. The number of nitrogen functional groups attached to an aromatic ring is 1. The zero-order valence-electron chi connectivity index (χ0n) is 9.81. The third-order valence-electron chi connectivity index (χ3n) is 2.86. The van der Waals surface area contributed by atoms with Gasteiger partial charge in [-0.25, -0.2) is 4.98 Å². The highest BCUT2D eigenvalue weighted by Crippen LogP contribution is 2.20. The second kappa shape index (κ2) is 5.02. The number of aromatic nitrogens is 1. The molecule has 5 nitrogen and oxygen atoms in total. The maximum Gasteiger partial charge on any atom is 0.144 e. The first kappa shape index (κ1) is 11.7. The Morgan fingerprint density at radius 2 is 2.47 bits per heavy atom. The molecule has 1 aromatic rings. The van der Waals surface area contributed by atoms with Crippen molar-refractivity contribution in [1.29, 1.82) is 5.26 Å². The lowest BCUT2D eigenvalue weighted by Crippen LogP contribution is -2.33. The van der Waals surface area contributed by atoms with E-state index in [9.17, 15) is 0 Å². The van der Waals surface area contributed by atoms with Crippen molar-refractivity contribution in [3.05, 3.63) is 17.8 Å². The highest BCUT2D eigenvalue weighted by molar-refractivity contribution is 5.57. The van der Waals surface area contributed by atoms with Crippen LogP contribution in [0.25, 0.3) is 0 Å². The van der Waals surface area contributed by atoms with Crippen molar-refractivity contribution in [2.45, 2.75) is 31.9 Å². The molecule has 2 heterocycles. The minimum absolute atomic E-state index is 0.251. The SMILES string of the molecule is CC1CC(Nc2ncc(N)cc2C#N)CCO1. The van der Waals surface area contributed by atoms with E-state index in [1.165, 1.54) is 0 Å². The van der Waals surface area contributed by atoms with Crippen molar-refractivity contribution >= 4 is 11.5 Å². The average molecular weight is 232 g/mol. The minimum Gasteiger partial charge on any atom is -0.397 e. The van der Waals surface area contributed by atoms with Crippen LogP contribution in [-0.2, 0) is 4.74 Å². The summed E-state index contributed by atoms with van der Waals surface area (Å²) in [5.74, 6) is 0.612. The molecule has 2 unspecified atom stereocenters. The van der Waals surface area contributed by atoms with Crippen LogP contribution < -0.4 is 11.1 Å². The van der Waals surface area contributed by atoms with Gasteiger partial charge in [-0.1, -0.05) is 0 Å². The summed E-state index contributed by atoms with van der Waals surface area (Å²) in [4.78, 5) is 4.17. The molecule has 5 heteroatoms. The van der Waals surface area contributed by atoms with Gasteiger partial charge in [0.25, 0.3) is 0 Å². The van der Waals surface area contributed by atoms with E-state index in [2.05, 4.69) is 23.3 Å². The van der Waals surface area contributed by atoms with Crippen LogP contribution in [0.1, 0.15) is 25.3 Å². The molecule has 0 aliphatic carbocycles. The van der Waals surface area contributed by atoms with Crippen LogP contribution in [0.2, 0.25) is 0 Å². The summed E-state index contributed by atoms with van der Waals surface area (Å²) in [6, 6.07) is 4.05. The molecule has 0 bridgehead atoms. The van der Waals surface area contributed by atoms with Crippen LogP contribution in [0.3, 0.4) is 0 Å². The third kappa shape index (κ3) is 2.86. The highest BCUT2D eigenvalue weighted by atomic mass is 16.5. The second-order valence-electron chi connectivity index (χ2n) is 4.32. The molecule has 1 fully saturated rings. The molecule has 1 saturated heterocycles. The first-order valence-electron chi connectivity index (χ1n) is 5.73. The van der Waals surface area contributed by atoms with Gasteiger partial charge in [-0.15, -0.1) is 0 Å². The average Bonchev–Trinajstić information content (AvgIpc) is 2.31. The van der Waals surface area contributed by atoms with Crippen molar-refractivity contribution in [1.82, 2.24) is 4.98 Å². The molecule has 1 aromatic heterocycles. The Morgan fingerprint density at radius 3 is 3.18 bits per heavy atom. The van der Waals surface area contributed by atoms with E-state index in [0.717, 1.165) is 19.4 Å². The summed E-state index contributed by atoms with van der Waals surface area (Å²) in [6.45, 7) is 2.80. The summed E-state index contributed by atoms with van der Waals surface area (Å²) >= 11 is 0. The van der Waals surface area contributed by atoms with E-state index >= 15 is 0 Å². The molecule has 3 N–H and O–H groups in total. The number of ether oxygens (including phenoxy) is 1. The quantitative estimate of drug-likeness (QED) is 0.807. The first-order chi connectivity index (χ1) is 8.19. The molecule has 1 aliphatic heterocycles. The molecule has 2 atom stereocenters. The minimum atomic E-state index is 0.251. The predicted molar refractivity (Wildman–Crippen MR) is 65.4 cm³/mol. The van der Waals surface area contributed by atoms with Crippen LogP contribution in [0.4, 0.5) is 11.5 Å². The van der Waals surface area contributed by atoms with Gasteiger partial charge in [0.1, 0.15) is 11.9 Å². The Hall–Kier alpha value is -1.80. The van der Waals surface area contributed by atoms with Gasteiger partial charge in [0.2, 0.25) is 0 Å². The number of hydrogen-bond acceptors (Lipinski definition) is 5. The number of anilines is 2. The molecular weight excluding hydrogens is 216 g/mol. The van der Waals surface area contributed by atoms with E-state index in [0.29, 0.717) is 23.1 Å². The topological polar surface area (TPSA) is 84.0 Å². The van der Waals surface area contributed by atoms with Crippen LogP contribution in [0, 0.1) is 11.3 Å². The summed E-state index contributed by atoms with van der Waals surface area (Å²) in [6.07, 6.45) is 3.67. The van der Waals surface area contributed by atoms with Crippen LogP contribution in [-0.4, -0.2) is 23.7 Å². The fraction of sp³-hybridized carbons (Fsp3) is 0.500. The Morgan fingerprint density at radius 1 is 1.65 bits per heavy atom. The van der Waals surface area contributed by atoms with Gasteiger partial charge in [-0.2, -0.15) is 5.26 Å². The van der Waals surface area contributed by atoms with Gasteiger partial charge >= 0.3 is 0 Å². The van der Waals surface area contributed by atoms with Gasteiger partial charge in [-0.05, 0) is 25.8 Å². The molecular formula is C12H16N4O. The lowest BCUT2D eigenvalue weighted by molar-refractivity contribution is 0.0232. The van der Waals surface area contributed by atoms with E-state index in [-0.39, 0.29) is 6.10 Å². The van der Waals surface area contributed by atoms with E-state index in [1.54, 1.807) is 12.3 Å². The summed E-state index contributed by atoms with van der Waals surface area (Å²) in [5.41, 5.74) is 6.59. The summed E-state index contributed by atoms with van der Waals surface area (Å²) in [5, 5.41) is 12.3. The number of nitriles is 1. The zero-order valence-corrected chi connectivity index (χ0v) is 9.81. The Kier molecular flexibility index (Phi) is 3.45.